The van der Waals surface area contributed by atoms with Gasteiger partial charge in [-0.15, -0.1) is 5.01 Å². The fourth-order valence-corrected chi connectivity index (χ4v) is 4.52. The Morgan fingerprint density at radius 3 is 2.15 bits per heavy atom. The number of nitrogens with zero attached hydrogens (tertiary/aromatic N) is 2. The maximum atomic E-state index is 12.9. The molecule has 0 radical (unpaired) electrons. The zero-order valence-corrected chi connectivity index (χ0v) is 20.6. The average molecular weight is 483 g/mol. The lowest BCUT2D eigenvalue weighted by atomic mass is 9.73. The van der Waals surface area contributed by atoms with E-state index < -0.39 is 33.7 Å². The lowest BCUT2D eigenvalue weighted by molar-refractivity contribution is -0.120. The Kier molecular flexibility index (Phi) is 10.7. The average Bonchev–Trinajstić information content (AvgIpc) is 2.74. The molecule has 0 saturated heterocycles. The van der Waals surface area contributed by atoms with Crippen LogP contribution in [0.3, 0.4) is 0 Å². The van der Waals surface area contributed by atoms with Crippen LogP contribution in [0.25, 0.3) is 0 Å². The van der Waals surface area contributed by atoms with Crippen LogP contribution in [0.5, 0.6) is 0 Å². The van der Waals surface area contributed by atoms with Crippen molar-refractivity contribution in [2.24, 2.45) is 5.41 Å². The second-order valence-corrected chi connectivity index (χ2v) is 10.1. The highest BCUT2D eigenvalue weighted by Crippen LogP contribution is 2.39. The van der Waals surface area contributed by atoms with E-state index in [2.05, 4.69) is 19.2 Å². The van der Waals surface area contributed by atoms with Gasteiger partial charge in [-0.25, -0.2) is 18.0 Å². The van der Waals surface area contributed by atoms with Crippen molar-refractivity contribution in [1.82, 2.24) is 9.42 Å². The molecule has 1 aliphatic carbocycles. The quantitative estimate of drug-likeness (QED) is 0.247. The first-order valence-corrected chi connectivity index (χ1v) is 12.4. The number of carbonyl (C=O) groups excluding carboxylic acids is 3. The fraction of sp³-hybridized carbons (Fsp3) is 0.522. The monoisotopic (exact) mass is 482 g/mol. The SMILES string of the molecule is C=CCOC(=O)N(C(=O)OCC=C)N([C@@H]1C=C(CCC=C(C)C)CC[C@@]1(C)C=O)S(C)(=O)=O. The van der Waals surface area contributed by atoms with Crippen molar-refractivity contribution < 1.29 is 32.3 Å². The van der Waals surface area contributed by atoms with Crippen LogP contribution in [-0.4, -0.2) is 61.8 Å². The minimum Gasteiger partial charge on any atom is -0.444 e. The summed E-state index contributed by atoms with van der Waals surface area (Å²) in [5.41, 5.74) is 0.877. The summed E-state index contributed by atoms with van der Waals surface area (Å²) < 4.78 is 36.3. The highest BCUT2D eigenvalue weighted by atomic mass is 32.2. The predicted octanol–water partition coefficient (Wildman–Crippen LogP) is 4.15. The standard InChI is InChI=1S/C23H34N2O7S/c1-7-14-31-21(27)24(22(28)32-15-8-2)25(33(6,29)30)20-16-19(11-9-10-18(3)4)12-13-23(20,5)17-26/h7-8,10,16-17,20H,1-2,9,11-15H2,3-6H3/t20-,23+/m1/s1. The van der Waals surface area contributed by atoms with E-state index in [9.17, 15) is 22.8 Å². The number of rotatable bonds is 11. The van der Waals surface area contributed by atoms with Crippen molar-refractivity contribution in [2.45, 2.75) is 52.5 Å². The highest BCUT2D eigenvalue weighted by Gasteiger charge is 2.49. The maximum Gasteiger partial charge on any atom is 0.435 e. The molecule has 2 atom stereocenters. The molecule has 0 fully saturated rings. The minimum atomic E-state index is -4.25. The largest absolute Gasteiger partial charge is 0.444 e. The van der Waals surface area contributed by atoms with E-state index in [1.54, 1.807) is 13.0 Å². The molecule has 0 unspecified atom stereocenters. The molecule has 0 aromatic heterocycles. The Morgan fingerprint density at radius 1 is 1.18 bits per heavy atom. The summed E-state index contributed by atoms with van der Waals surface area (Å²) in [6, 6.07) is -1.15. The molecule has 2 amide bonds. The van der Waals surface area contributed by atoms with Gasteiger partial charge in [-0.1, -0.05) is 59.9 Å². The van der Waals surface area contributed by atoms with Gasteiger partial charge in [0.25, 0.3) is 0 Å². The number of allylic oxidation sites excluding steroid dienone is 3. The first-order chi connectivity index (χ1) is 15.4. The van der Waals surface area contributed by atoms with Gasteiger partial charge in [0.1, 0.15) is 19.5 Å². The molecule has 33 heavy (non-hydrogen) atoms. The van der Waals surface area contributed by atoms with Gasteiger partial charge in [0, 0.05) is 5.41 Å². The summed E-state index contributed by atoms with van der Waals surface area (Å²) in [4.78, 5) is 37.6. The third-order valence-electron chi connectivity index (χ3n) is 5.11. The third kappa shape index (κ3) is 7.97. The number of hydrogen-bond acceptors (Lipinski definition) is 7. The smallest absolute Gasteiger partial charge is 0.435 e. The second-order valence-electron chi connectivity index (χ2n) is 8.29. The number of hydrazine groups is 1. The molecule has 0 saturated carbocycles. The predicted molar refractivity (Wildman–Crippen MR) is 126 cm³/mol. The molecule has 0 aromatic rings. The minimum absolute atomic E-state index is 0.263. The maximum absolute atomic E-state index is 12.9. The number of carbonyl (C=O) groups is 3. The van der Waals surface area contributed by atoms with Crippen LogP contribution in [0.2, 0.25) is 0 Å². The van der Waals surface area contributed by atoms with Crippen molar-refractivity contribution in [3.63, 3.8) is 0 Å². The van der Waals surface area contributed by atoms with Crippen molar-refractivity contribution in [1.29, 1.82) is 0 Å². The zero-order valence-electron chi connectivity index (χ0n) is 19.8. The fourth-order valence-electron chi connectivity index (χ4n) is 3.37. The van der Waals surface area contributed by atoms with Crippen LogP contribution in [0.15, 0.2) is 48.6 Å². The van der Waals surface area contributed by atoms with E-state index in [0.29, 0.717) is 30.0 Å². The van der Waals surface area contributed by atoms with Crippen molar-refractivity contribution >= 4 is 28.5 Å². The van der Waals surface area contributed by atoms with Gasteiger partial charge in [-0.3, -0.25) is 0 Å². The molecule has 0 heterocycles. The van der Waals surface area contributed by atoms with E-state index >= 15 is 0 Å². The third-order valence-corrected chi connectivity index (χ3v) is 6.18. The molecule has 10 heteroatoms. The summed E-state index contributed by atoms with van der Waals surface area (Å²) in [6.45, 7) is 11.9. The molecular weight excluding hydrogens is 448 g/mol. The van der Waals surface area contributed by atoms with Crippen molar-refractivity contribution in [2.75, 3.05) is 19.5 Å². The van der Waals surface area contributed by atoms with E-state index in [0.717, 1.165) is 23.8 Å². The Morgan fingerprint density at radius 2 is 1.73 bits per heavy atom. The van der Waals surface area contributed by atoms with Gasteiger partial charge < -0.3 is 14.3 Å². The second kappa shape index (κ2) is 12.5. The number of imide groups is 1. The molecule has 0 spiro atoms. The molecule has 0 aromatic carbocycles. The Balaban J connectivity index is 3.59. The zero-order chi connectivity index (χ0) is 25.2. The molecule has 1 aliphatic rings. The van der Waals surface area contributed by atoms with Crippen LogP contribution in [-0.2, 0) is 24.3 Å². The summed E-state index contributed by atoms with van der Waals surface area (Å²) in [7, 11) is -4.25. The normalized spacial score (nSPS) is 20.3. The van der Waals surface area contributed by atoms with Gasteiger partial charge in [0.2, 0.25) is 10.0 Å². The first-order valence-electron chi connectivity index (χ1n) is 10.5. The van der Waals surface area contributed by atoms with Gasteiger partial charge in [0.05, 0.1) is 12.3 Å². The molecule has 0 aliphatic heterocycles. The molecule has 184 valence electrons. The van der Waals surface area contributed by atoms with E-state index in [-0.39, 0.29) is 18.2 Å². The van der Waals surface area contributed by atoms with Gasteiger partial charge >= 0.3 is 12.2 Å². The molecule has 0 bridgehead atoms. The topological polar surface area (TPSA) is 110 Å². The lowest BCUT2D eigenvalue weighted by Gasteiger charge is -2.43. The number of aldehydes is 1. The van der Waals surface area contributed by atoms with Crippen molar-refractivity contribution in [3.8, 4) is 0 Å². The van der Waals surface area contributed by atoms with E-state index in [1.165, 1.54) is 12.2 Å². The number of amides is 2. The number of hydrogen-bond donors (Lipinski definition) is 0. The Labute approximate surface area is 196 Å². The van der Waals surface area contributed by atoms with E-state index in [4.69, 9.17) is 9.47 Å². The lowest BCUT2D eigenvalue weighted by Crippen LogP contribution is -2.61. The Hall–Kier alpha value is -2.72. The van der Waals surface area contributed by atoms with Gasteiger partial charge in [-0.05, 0) is 39.5 Å². The van der Waals surface area contributed by atoms with Crippen LogP contribution >= 0.6 is 0 Å². The van der Waals surface area contributed by atoms with E-state index in [1.807, 2.05) is 13.8 Å². The Bertz CT molecular complexity index is 895. The van der Waals surface area contributed by atoms with Crippen LogP contribution in [0.1, 0.15) is 46.5 Å². The highest BCUT2D eigenvalue weighted by molar-refractivity contribution is 7.88. The van der Waals surface area contributed by atoms with Gasteiger partial charge in [0.15, 0.2) is 0 Å². The molecular formula is C23H34N2O7S. The number of sulfonamides is 1. The molecule has 9 nitrogen and oxygen atoms in total. The van der Waals surface area contributed by atoms with Gasteiger partial charge in [-0.2, -0.15) is 0 Å². The van der Waals surface area contributed by atoms with Crippen LogP contribution in [0, 0.1) is 5.41 Å². The molecule has 0 N–H and O–H groups in total. The first kappa shape index (κ1) is 28.3. The molecule has 1 rings (SSSR count). The van der Waals surface area contributed by atoms with Crippen molar-refractivity contribution in [3.05, 3.63) is 48.6 Å². The van der Waals surface area contributed by atoms with Crippen LogP contribution < -0.4 is 0 Å². The summed E-state index contributed by atoms with van der Waals surface area (Å²) >= 11 is 0. The summed E-state index contributed by atoms with van der Waals surface area (Å²) in [5, 5.41) is 0.282. The number of ether oxygens (including phenoxy) is 2. The summed E-state index contributed by atoms with van der Waals surface area (Å²) in [5.74, 6) is 0. The summed E-state index contributed by atoms with van der Waals surface area (Å²) in [6.07, 6.45) is 7.52. The van der Waals surface area contributed by atoms with Crippen LogP contribution in [0.4, 0.5) is 9.59 Å².